The van der Waals surface area contributed by atoms with Crippen LogP contribution in [0.2, 0.25) is 0 Å². The van der Waals surface area contributed by atoms with Gasteiger partial charge in [0.05, 0.1) is 6.61 Å². The average Bonchev–Trinajstić information content (AvgIpc) is 2.08. The molecule has 0 amide bonds. The van der Waals surface area contributed by atoms with E-state index in [4.69, 9.17) is 10.5 Å². The highest BCUT2D eigenvalue weighted by Crippen LogP contribution is 1.93. The van der Waals surface area contributed by atoms with E-state index in [0.29, 0.717) is 30.6 Å². The lowest BCUT2D eigenvalue weighted by molar-refractivity contribution is 0.123. The van der Waals surface area contributed by atoms with E-state index in [2.05, 4.69) is 13.8 Å². The number of ether oxygens (including phenoxy) is 1. The quantitative estimate of drug-likeness (QED) is 0.598. The summed E-state index contributed by atoms with van der Waals surface area (Å²) in [5, 5.41) is 0. The van der Waals surface area contributed by atoms with Crippen LogP contribution >= 0.6 is 0 Å². The van der Waals surface area contributed by atoms with Crippen LogP contribution in [0.3, 0.4) is 0 Å². The van der Waals surface area contributed by atoms with Crippen LogP contribution in [-0.2, 0) is 15.5 Å². The normalized spacial score (nSPS) is 13.5. The van der Waals surface area contributed by atoms with Gasteiger partial charge in [0.25, 0.3) is 0 Å². The van der Waals surface area contributed by atoms with Gasteiger partial charge >= 0.3 is 0 Å². The van der Waals surface area contributed by atoms with Crippen LogP contribution in [0.15, 0.2) is 0 Å². The Morgan fingerprint density at radius 2 is 2.08 bits per heavy atom. The summed E-state index contributed by atoms with van der Waals surface area (Å²) in [7, 11) is -0.740. The molecule has 0 aliphatic carbocycles. The summed E-state index contributed by atoms with van der Waals surface area (Å²) in [6, 6.07) is 0. The van der Waals surface area contributed by atoms with Gasteiger partial charge in [-0.05, 0) is 18.9 Å². The molecule has 0 aliphatic heterocycles. The second kappa shape index (κ2) is 8.66. The minimum absolute atomic E-state index is 0.553. The second-order valence-electron chi connectivity index (χ2n) is 3.46. The Morgan fingerprint density at radius 3 is 2.62 bits per heavy atom. The Kier molecular flexibility index (Phi) is 8.71. The van der Waals surface area contributed by atoms with Crippen LogP contribution in [0.25, 0.3) is 0 Å². The first kappa shape index (κ1) is 13.1. The summed E-state index contributed by atoms with van der Waals surface area (Å²) in [5.74, 6) is 1.91. The van der Waals surface area contributed by atoms with Crippen molar-refractivity contribution in [2.45, 2.75) is 20.3 Å². The van der Waals surface area contributed by atoms with Crippen molar-refractivity contribution in [2.24, 2.45) is 11.7 Å². The van der Waals surface area contributed by atoms with Gasteiger partial charge < -0.3 is 10.5 Å². The van der Waals surface area contributed by atoms with Crippen molar-refractivity contribution in [3.05, 3.63) is 0 Å². The fraction of sp³-hybridized carbons (Fsp3) is 1.00. The van der Waals surface area contributed by atoms with Gasteiger partial charge in [-0.2, -0.15) is 0 Å². The van der Waals surface area contributed by atoms with Crippen molar-refractivity contribution >= 4 is 10.8 Å². The predicted octanol–water partition coefficient (Wildman–Crippen LogP) is 0.757. The first-order valence-corrected chi connectivity index (χ1v) is 6.28. The smallest absolute Gasteiger partial charge is 0.0581 e. The fourth-order valence-corrected chi connectivity index (χ4v) is 1.81. The molecular weight excluding hydrogens is 186 g/mol. The van der Waals surface area contributed by atoms with Crippen molar-refractivity contribution in [2.75, 3.05) is 31.3 Å². The Bertz CT molecular complexity index is 140. The number of hydrogen-bond donors (Lipinski definition) is 1. The van der Waals surface area contributed by atoms with Crippen molar-refractivity contribution in [1.29, 1.82) is 0 Å². The van der Waals surface area contributed by atoms with Crippen molar-refractivity contribution in [3.63, 3.8) is 0 Å². The van der Waals surface area contributed by atoms with Crippen molar-refractivity contribution in [1.82, 2.24) is 0 Å². The van der Waals surface area contributed by atoms with E-state index in [9.17, 15) is 4.21 Å². The molecule has 0 bridgehead atoms. The highest BCUT2D eigenvalue weighted by Gasteiger charge is 1.99. The molecule has 13 heavy (non-hydrogen) atoms. The first-order valence-electron chi connectivity index (χ1n) is 4.79. The minimum atomic E-state index is -0.740. The average molecular weight is 207 g/mol. The molecule has 0 saturated heterocycles. The largest absolute Gasteiger partial charge is 0.380 e. The van der Waals surface area contributed by atoms with E-state index in [-0.39, 0.29) is 0 Å². The Hall–Kier alpha value is 0.0700. The van der Waals surface area contributed by atoms with Gasteiger partial charge in [-0.15, -0.1) is 0 Å². The zero-order valence-corrected chi connectivity index (χ0v) is 9.44. The number of hydrogen-bond acceptors (Lipinski definition) is 3. The third-order valence-corrected chi connectivity index (χ3v) is 2.85. The molecule has 1 unspecified atom stereocenters. The Morgan fingerprint density at radius 1 is 1.38 bits per heavy atom. The molecule has 0 saturated carbocycles. The molecule has 1 atom stereocenters. The predicted molar refractivity (Wildman–Crippen MR) is 57.2 cm³/mol. The van der Waals surface area contributed by atoms with E-state index in [1.54, 1.807) is 0 Å². The molecule has 0 aliphatic rings. The summed E-state index contributed by atoms with van der Waals surface area (Å²) < 4.78 is 16.5. The lowest BCUT2D eigenvalue weighted by Gasteiger charge is -2.06. The molecule has 0 fully saturated rings. The zero-order chi connectivity index (χ0) is 10.1. The molecule has 0 heterocycles. The summed E-state index contributed by atoms with van der Waals surface area (Å²) in [6.07, 6.45) is 0.844. The molecule has 0 rings (SSSR count). The molecule has 4 heteroatoms. The molecule has 0 aromatic carbocycles. The molecule has 0 spiro atoms. The second-order valence-corrected chi connectivity index (χ2v) is 5.16. The topological polar surface area (TPSA) is 52.3 Å². The summed E-state index contributed by atoms with van der Waals surface area (Å²) >= 11 is 0. The molecule has 0 aromatic heterocycles. The van der Waals surface area contributed by atoms with Crippen LogP contribution in [0.5, 0.6) is 0 Å². The molecule has 0 aromatic rings. The lowest BCUT2D eigenvalue weighted by Crippen LogP contribution is -2.13. The fourth-order valence-electron chi connectivity index (χ4n) is 0.817. The van der Waals surface area contributed by atoms with E-state index in [1.165, 1.54) is 0 Å². The van der Waals surface area contributed by atoms with Crippen LogP contribution in [0.4, 0.5) is 0 Å². The van der Waals surface area contributed by atoms with Gasteiger partial charge in [0.1, 0.15) is 0 Å². The van der Waals surface area contributed by atoms with E-state index in [0.717, 1.165) is 13.0 Å². The molecule has 0 radical (unpaired) electrons. The number of rotatable bonds is 8. The van der Waals surface area contributed by atoms with Gasteiger partial charge in [-0.1, -0.05) is 13.8 Å². The minimum Gasteiger partial charge on any atom is -0.380 e. The van der Waals surface area contributed by atoms with Gasteiger partial charge in [0.15, 0.2) is 0 Å². The Balaban J connectivity index is 3.17. The highest BCUT2D eigenvalue weighted by molar-refractivity contribution is 7.84. The summed E-state index contributed by atoms with van der Waals surface area (Å²) in [6.45, 7) is 6.19. The molecule has 80 valence electrons. The third-order valence-electron chi connectivity index (χ3n) is 1.48. The van der Waals surface area contributed by atoms with Gasteiger partial charge in [-0.3, -0.25) is 4.21 Å². The van der Waals surface area contributed by atoms with Gasteiger partial charge in [0.2, 0.25) is 0 Å². The summed E-state index contributed by atoms with van der Waals surface area (Å²) in [4.78, 5) is 0. The van der Waals surface area contributed by atoms with E-state index in [1.807, 2.05) is 0 Å². The zero-order valence-electron chi connectivity index (χ0n) is 8.62. The van der Waals surface area contributed by atoms with E-state index >= 15 is 0 Å². The SMILES string of the molecule is CC(C)COCCS(=O)CCCN. The van der Waals surface area contributed by atoms with Crippen LogP contribution in [0, 0.1) is 5.92 Å². The van der Waals surface area contributed by atoms with Crippen LogP contribution in [0.1, 0.15) is 20.3 Å². The number of nitrogens with two attached hydrogens (primary N) is 1. The highest BCUT2D eigenvalue weighted by atomic mass is 32.2. The Labute approximate surface area is 83.5 Å². The molecule has 2 N–H and O–H groups in total. The van der Waals surface area contributed by atoms with Crippen LogP contribution in [-0.4, -0.2) is 35.5 Å². The maximum Gasteiger partial charge on any atom is 0.0581 e. The lowest BCUT2D eigenvalue weighted by atomic mass is 10.2. The first-order chi connectivity index (χ1) is 6.16. The van der Waals surface area contributed by atoms with Gasteiger partial charge in [0, 0.05) is 28.9 Å². The van der Waals surface area contributed by atoms with Crippen molar-refractivity contribution in [3.8, 4) is 0 Å². The molecular formula is C9H21NO2S. The monoisotopic (exact) mass is 207 g/mol. The third kappa shape index (κ3) is 9.99. The molecule has 3 nitrogen and oxygen atoms in total. The standard InChI is InChI=1S/C9H21NO2S/c1-9(2)8-12-5-7-13(11)6-3-4-10/h9H,3-8,10H2,1-2H3. The summed E-state index contributed by atoms with van der Waals surface area (Å²) in [5.41, 5.74) is 5.31. The van der Waals surface area contributed by atoms with Gasteiger partial charge in [-0.25, -0.2) is 0 Å². The van der Waals surface area contributed by atoms with Crippen molar-refractivity contribution < 1.29 is 8.95 Å². The van der Waals surface area contributed by atoms with Crippen LogP contribution < -0.4 is 5.73 Å². The van der Waals surface area contributed by atoms with E-state index < -0.39 is 10.8 Å². The maximum absolute atomic E-state index is 11.2. The maximum atomic E-state index is 11.2.